The molecule has 0 radical (unpaired) electrons. The lowest BCUT2D eigenvalue weighted by Gasteiger charge is -2.20. The lowest BCUT2D eigenvalue weighted by molar-refractivity contribution is -0.142. The predicted octanol–water partition coefficient (Wildman–Crippen LogP) is 2.95. The fourth-order valence-electron chi connectivity index (χ4n) is 1.44. The van der Waals surface area contributed by atoms with Crippen LogP contribution in [-0.4, -0.2) is 29.1 Å². The summed E-state index contributed by atoms with van der Waals surface area (Å²) in [6.45, 7) is 8.96. The molecule has 0 fully saturated rings. The zero-order chi connectivity index (χ0) is 13.2. The van der Waals surface area contributed by atoms with E-state index in [4.69, 9.17) is 5.11 Å². The molecule has 0 spiro atoms. The number of carboxylic acids is 1. The van der Waals surface area contributed by atoms with Crippen LogP contribution in [0, 0.1) is 0 Å². The van der Waals surface area contributed by atoms with Gasteiger partial charge in [0.1, 0.15) is 6.04 Å². The summed E-state index contributed by atoms with van der Waals surface area (Å²) < 4.78 is 0. The van der Waals surface area contributed by atoms with E-state index in [-0.39, 0.29) is 5.41 Å². The third-order valence-electron chi connectivity index (χ3n) is 2.82. The summed E-state index contributed by atoms with van der Waals surface area (Å²) in [6, 6.07) is 3.78. The average Bonchev–Trinajstić information content (AvgIpc) is 2.64. The molecule has 3 nitrogen and oxygen atoms in total. The maximum Gasteiger partial charge on any atom is 0.320 e. The Hall–Kier alpha value is -0.870. The van der Waals surface area contributed by atoms with Gasteiger partial charge in [-0.25, -0.2) is 0 Å². The van der Waals surface area contributed by atoms with Crippen LogP contribution in [0.15, 0.2) is 12.1 Å². The number of carbonyl (C=O) groups is 1. The SMILES string of the molecule is CC(C(=O)O)N(C)Cc1ccc(C(C)(C)C)s1. The van der Waals surface area contributed by atoms with Gasteiger partial charge < -0.3 is 5.11 Å². The molecule has 0 aliphatic rings. The Morgan fingerprint density at radius 1 is 1.47 bits per heavy atom. The van der Waals surface area contributed by atoms with Crippen molar-refractivity contribution >= 4 is 17.3 Å². The van der Waals surface area contributed by atoms with E-state index in [9.17, 15) is 4.79 Å². The number of hydrogen-bond acceptors (Lipinski definition) is 3. The van der Waals surface area contributed by atoms with Crippen molar-refractivity contribution in [2.24, 2.45) is 0 Å². The fourth-order valence-corrected chi connectivity index (χ4v) is 2.57. The molecule has 1 unspecified atom stereocenters. The summed E-state index contributed by atoms with van der Waals surface area (Å²) >= 11 is 1.76. The topological polar surface area (TPSA) is 40.5 Å². The molecule has 1 rings (SSSR count). The van der Waals surface area contributed by atoms with Gasteiger partial charge >= 0.3 is 5.97 Å². The van der Waals surface area contributed by atoms with Crippen molar-refractivity contribution in [1.29, 1.82) is 0 Å². The Balaban J connectivity index is 2.70. The van der Waals surface area contributed by atoms with Gasteiger partial charge in [-0.15, -0.1) is 11.3 Å². The summed E-state index contributed by atoms with van der Waals surface area (Å²) in [5.74, 6) is -0.778. The van der Waals surface area contributed by atoms with E-state index in [0.717, 1.165) is 0 Å². The number of likely N-dealkylation sites (N-methyl/N-ethyl adjacent to an activating group) is 1. The molecule has 1 heterocycles. The molecule has 0 bridgehead atoms. The predicted molar refractivity (Wildman–Crippen MR) is 71.6 cm³/mol. The zero-order valence-electron chi connectivity index (χ0n) is 11.2. The highest BCUT2D eigenvalue weighted by molar-refractivity contribution is 7.12. The van der Waals surface area contributed by atoms with Gasteiger partial charge in [0.05, 0.1) is 0 Å². The maximum absolute atomic E-state index is 10.9. The van der Waals surface area contributed by atoms with E-state index in [1.165, 1.54) is 9.75 Å². The maximum atomic E-state index is 10.9. The molecule has 1 aromatic heterocycles. The van der Waals surface area contributed by atoms with Crippen LogP contribution in [0.25, 0.3) is 0 Å². The Morgan fingerprint density at radius 3 is 2.47 bits per heavy atom. The summed E-state index contributed by atoms with van der Waals surface area (Å²) in [7, 11) is 1.84. The summed E-state index contributed by atoms with van der Waals surface area (Å²) in [4.78, 5) is 15.3. The molecule has 0 aliphatic heterocycles. The zero-order valence-corrected chi connectivity index (χ0v) is 12.0. The summed E-state index contributed by atoms with van der Waals surface area (Å²) in [5, 5.41) is 8.93. The van der Waals surface area contributed by atoms with Crippen molar-refractivity contribution in [3.8, 4) is 0 Å². The Bertz CT molecular complexity index is 392. The van der Waals surface area contributed by atoms with Gasteiger partial charge in [-0.3, -0.25) is 9.69 Å². The highest BCUT2D eigenvalue weighted by Gasteiger charge is 2.19. The molecule has 17 heavy (non-hydrogen) atoms. The van der Waals surface area contributed by atoms with E-state index in [1.54, 1.807) is 18.3 Å². The number of thiophene rings is 1. The third-order valence-corrected chi connectivity index (χ3v) is 4.32. The smallest absolute Gasteiger partial charge is 0.320 e. The van der Waals surface area contributed by atoms with Crippen molar-refractivity contribution in [2.45, 2.75) is 45.7 Å². The average molecular weight is 255 g/mol. The number of nitrogens with zero attached hydrogens (tertiary/aromatic N) is 1. The minimum Gasteiger partial charge on any atom is -0.480 e. The molecular formula is C13H21NO2S. The van der Waals surface area contributed by atoms with Crippen LogP contribution in [-0.2, 0) is 16.8 Å². The van der Waals surface area contributed by atoms with Crippen LogP contribution >= 0.6 is 11.3 Å². The molecule has 1 N–H and O–H groups in total. The standard InChI is InChI=1S/C13H21NO2S/c1-9(12(15)16)14(5)8-10-6-7-11(17-10)13(2,3)4/h6-7,9H,8H2,1-5H3,(H,15,16). The van der Waals surface area contributed by atoms with Crippen LogP contribution in [0.5, 0.6) is 0 Å². The lowest BCUT2D eigenvalue weighted by atomic mass is 9.95. The molecule has 96 valence electrons. The van der Waals surface area contributed by atoms with Crippen molar-refractivity contribution in [3.05, 3.63) is 21.9 Å². The van der Waals surface area contributed by atoms with Crippen LogP contribution in [0.4, 0.5) is 0 Å². The quantitative estimate of drug-likeness (QED) is 0.899. The second-order valence-electron chi connectivity index (χ2n) is 5.45. The van der Waals surface area contributed by atoms with Crippen LogP contribution in [0.3, 0.4) is 0 Å². The lowest BCUT2D eigenvalue weighted by Crippen LogP contribution is -2.35. The number of carboxylic acid groups (broad SMARTS) is 1. The highest BCUT2D eigenvalue weighted by Crippen LogP contribution is 2.30. The van der Waals surface area contributed by atoms with Gasteiger partial charge in [-0.05, 0) is 31.5 Å². The molecular weight excluding hydrogens is 234 g/mol. The first-order valence-corrected chi connectivity index (χ1v) is 6.55. The molecule has 0 aliphatic carbocycles. The summed E-state index contributed by atoms with van der Waals surface area (Å²) in [5.41, 5.74) is 0.167. The number of hydrogen-bond donors (Lipinski definition) is 1. The largest absolute Gasteiger partial charge is 0.480 e. The molecule has 4 heteroatoms. The molecule has 1 atom stereocenters. The van der Waals surface area contributed by atoms with E-state index >= 15 is 0 Å². The van der Waals surface area contributed by atoms with Gasteiger partial charge in [0.15, 0.2) is 0 Å². The number of aliphatic carboxylic acids is 1. The Kier molecular flexibility index (Phi) is 4.33. The second kappa shape index (κ2) is 5.19. The first-order valence-electron chi connectivity index (χ1n) is 5.74. The van der Waals surface area contributed by atoms with E-state index in [2.05, 4.69) is 32.9 Å². The normalized spacial score (nSPS) is 14.0. The Labute approximate surface area is 107 Å². The van der Waals surface area contributed by atoms with Crippen molar-refractivity contribution in [1.82, 2.24) is 4.90 Å². The van der Waals surface area contributed by atoms with Gasteiger partial charge in [-0.2, -0.15) is 0 Å². The van der Waals surface area contributed by atoms with Crippen LogP contribution in [0.1, 0.15) is 37.4 Å². The molecule has 0 aromatic carbocycles. The molecule has 0 saturated carbocycles. The third kappa shape index (κ3) is 3.82. The summed E-state index contributed by atoms with van der Waals surface area (Å²) in [6.07, 6.45) is 0. The monoisotopic (exact) mass is 255 g/mol. The van der Waals surface area contributed by atoms with E-state index < -0.39 is 12.0 Å². The Morgan fingerprint density at radius 2 is 2.06 bits per heavy atom. The fraction of sp³-hybridized carbons (Fsp3) is 0.615. The van der Waals surface area contributed by atoms with Crippen molar-refractivity contribution in [3.63, 3.8) is 0 Å². The van der Waals surface area contributed by atoms with Gasteiger partial charge in [-0.1, -0.05) is 20.8 Å². The van der Waals surface area contributed by atoms with Crippen molar-refractivity contribution < 1.29 is 9.90 Å². The van der Waals surface area contributed by atoms with Gasteiger partial charge in [0.25, 0.3) is 0 Å². The van der Waals surface area contributed by atoms with E-state index in [1.807, 2.05) is 11.9 Å². The first-order chi connectivity index (χ1) is 7.71. The van der Waals surface area contributed by atoms with Crippen molar-refractivity contribution in [2.75, 3.05) is 7.05 Å². The number of rotatable bonds is 4. The minimum atomic E-state index is -0.778. The molecule has 0 amide bonds. The van der Waals surface area contributed by atoms with Crippen LogP contribution in [0.2, 0.25) is 0 Å². The van der Waals surface area contributed by atoms with Gasteiger partial charge in [0, 0.05) is 16.3 Å². The van der Waals surface area contributed by atoms with Gasteiger partial charge in [0.2, 0.25) is 0 Å². The minimum absolute atomic E-state index is 0.167. The van der Waals surface area contributed by atoms with E-state index in [0.29, 0.717) is 6.54 Å². The molecule has 1 aromatic rings. The highest BCUT2D eigenvalue weighted by atomic mass is 32.1. The second-order valence-corrected chi connectivity index (χ2v) is 6.61. The first kappa shape index (κ1) is 14.2. The molecule has 0 saturated heterocycles. The van der Waals surface area contributed by atoms with Crippen LogP contribution < -0.4 is 0 Å².